The quantitative estimate of drug-likeness (QED) is 0.787. The summed E-state index contributed by atoms with van der Waals surface area (Å²) in [6.45, 7) is 9.44. The normalized spacial score (nSPS) is 14.6. The van der Waals surface area contributed by atoms with Crippen LogP contribution in [-0.4, -0.2) is 18.8 Å². The summed E-state index contributed by atoms with van der Waals surface area (Å²) in [5.41, 5.74) is -0.0306. The average molecular weight is 274 g/mol. The predicted molar refractivity (Wildman–Crippen MR) is 82.3 cm³/mol. The van der Waals surface area contributed by atoms with Crippen LogP contribution in [-0.2, 0) is 10.3 Å². The second-order valence-corrected chi connectivity index (χ2v) is 5.71. The predicted octanol–water partition coefficient (Wildman–Crippen LogP) is 3.61. The zero-order chi connectivity index (χ0) is 15.1. The average Bonchev–Trinajstić information content (AvgIpc) is 2.49. The topological polar surface area (TPSA) is 45.0 Å². The highest BCUT2D eigenvalue weighted by molar-refractivity contribution is 5.31. The molecule has 0 amide bonds. The minimum Gasteiger partial charge on any atom is -0.372 e. The van der Waals surface area contributed by atoms with Crippen molar-refractivity contribution < 1.29 is 4.74 Å². The number of nitriles is 1. The van der Waals surface area contributed by atoms with Gasteiger partial charge in [0.05, 0.1) is 18.3 Å². The summed E-state index contributed by atoms with van der Waals surface area (Å²) in [7, 11) is 0. The molecular formula is C17H26N2O. The van der Waals surface area contributed by atoms with Crippen molar-refractivity contribution >= 4 is 0 Å². The van der Waals surface area contributed by atoms with Gasteiger partial charge in [0.1, 0.15) is 0 Å². The number of benzene rings is 1. The van der Waals surface area contributed by atoms with E-state index in [1.54, 1.807) is 0 Å². The van der Waals surface area contributed by atoms with Crippen LogP contribution in [0.2, 0.25) is 0 Å². The molecule has 1 unspecified atom stereocenters. The molecule has 0 aliphatic carbocycles. The van der Waals surface area contributed by atoms with E-state index in [9.17, 15) is 5.26 Å². The van der Waals surface area contributed by atoms with Gasteiger partial charge in [-0.3, -0.25) is 5.32 Å². The molecule has 0 radical (unpaired) electrons. The summed E-state index contributed by atoms with van der Waals surface area (Å²) in [5.74, 6) is 0. The number of nitrogens with zero attached hydrogens (tertiary/aromatic N) is 1. The third kappa shape index (κ3) is 4.33. The fraction of sp³-hybridized carbons (Fsp3) is 0.588. The zero-order valence-electron chi connectivity index (χ0n) is 13.1. The summed E-state index contributed by atoms with van der Waals surface area (Å²) >= 11 is 0. The lowest BCUT2D eigenvalue weighted by atomic mass is 9.91. The van der Waals surface area contributed by atoms with Crippen LogP contribution in [0.25, 0.3) is 0 Å². The molecule has 1 rings (SSSR count). The summed E-state index contributed by atoms with van der Waals surface area (Å²) < 4.78 is 6.00. The lowest BCUT2D eigenvalue weighted by Gasteiger charge is -2.33. The molecule has 1 N–H and O–H groups in total. The molecule has 0 spiro atoms. The summed E-state index contributed by atoms with van der Waals surface area (Å²) in [4.78, 5) is 0. The summed E-state index contributed by atoms with van der Waals surface area (Å²) in [5, 5.41) is 13.1. The van der Waals surface area contributed by atoms with Crippen molar-refractivity contribution in [3.8, 4) is 6.07 Å². The van der Waals surface area contributed by atoms with E-state index in [2.05, 4.69) is 39.1 Å². The molecule has 0 saturated heterocycles. The van der Waals surface area contributed by atoms with Gasteiger partial charge >= 0.3 is 0 Å². The zero-order valence-corrected chi connectivity index (χ0v) is 13.1. The SMILES string of the molecule is CCCNC(C#N)(COC(C)(C)CC)c1ccccc1. The number of rotatable bonds is 8. The lowest BCUT2D eigenvalue weighted by Crippen LogP contribution is -2.47. The molecule has 3 nitrogen and oxygen atoms in total. The van der Waals surface area contributed by atoms with Crippen LogP contribution in [0.3, 0.4) is 0 Å². The Morgan fingerprint density at radius 2 is 1.85 bits per heavy atom. The minimum absolute atomic E-state index is 0.217. The van der Waals surface area contributed by atoms with Gasteiger partial charge in [-0.2, -0.15) is 5.26 Å². The number of ether oxygens (including phenoxy) is 1. The van der Waals surface area contributed by atoms with E-state index in [-0.39, 0.29) is 5.60 Å². The van der Waals surface area contributed by atoms with Gasteiger partial charge in [-0.05, 0) is 38.8 Å². The first kappa shape index (κ1) is 16.7. The van der Waals surface area contributed by atoms with Gasteiger partial charge in [0.25, 0.3) is 0 Å². The van der Waals surface area contributed by atoms with E-state index in [0.717, 1.165) is 24.9 Å². The Kier molecular flexibility index (Phi) is 6.19. The molecule has 110 valence electrons. The highest BCUT2D eigenvalue weighted by atomic mass is 16.5. The first-order valence-corrected chi connectivity index (χ1v) is 7.35. The minimum atomic E-state index is -0.774. The van der Waals surface area contributed by atoms with Gasteiger partial charge < -0.3 is 4.74 Å². The van der Waals surface area contributed by atoms with E-state index in [1.807, 2.05) is 30.3 Å². The van der Waals surface area contributed by atoms with Gasteiger partial charge in [-0.15, -0.1) is 0 Å². The van der Waals surface area contributed by atoms with Crippen LogP contribution in [0.5, 0.6) is 0 Å². The molecular weight excluding hydrogens is 248 g/mol. The summed E-state index contributed by atoms with van der Waals surface area (Å²) in [6.07, 6.45) is 1.89. The molecule has 20 heavy (non-hydrogen) atoms. The van der Waals surface area contributed by atoms with Crippen LogP contribution >= 0.6 is 0 Å². The Labute approximate surface area is 123 Å². The van der Waals surface area contributed by atoms with E-state index in [4.69, 9.17) is 4.74 Å². The third-order valence-electron chi connectivity index (χ3n) is 3.67. The van der Waals surface area contributed by atoms with Gasteiger partial charge in [0.15, 0.2) is 5.54 Å². The molecule has 0 aromatic heterocycles. The highest BCUT2D eigenvalue weighted by Crippen LogP contribution is 2.24. The second kappa shape index (κ2) is 7.42. The van der Waals surface area contributed by atoms with E-state index < -0.39 is 5.54 Å². The van der Waals surface area contributed by atoms with E-state index >= 15 is 0 Å². The Balaban J connectivity index is 2.98. The van der Waals surface area contributed by atoms with Gasteiger partial charge in [-0.1, -0.05) is 44.2 Å². The molecule has 0 aliphatic heterocycles. The van der Waals surface area contributed by atoms with Crippen molar-refractivity contribution in [2.45, 2.75) is 51.7 Å². The Morgan fingerprint density at radius 1 is 1.20 bits per heavy atom. The standard InChI is InChI=1S/C17H26N2O/c1-5-12-19-17(13-18,14-20-16(3,4)6-2)15-10-8-7-9-11-15/h7-11,19H,5-6,12,14H2,1-4H3. The Bertz CT molecular complexity index is 436. The Morgan fingerprint density at radius 3 is 2.35 bits per heavy atom. The maximum Gasteiger partial charge on any atom is 0.155 e. The van der Waals surface area contributed by atoms with Crippen LogP contribution in [0.4, 0.5) is 0 Å². The molecule has 0 saturated carbocycles. The molecule has 0 heterocycles. The largest absolute Gasteiger partial charge is 0.372 e. The van der Waals surface area contributed by atoms with Crippen molar-refractivity contribution in [1.29, 1.82) is 5.26 Å². The fourth-order valence-corrected chi connectivity index (χ4v) is 1.84. The Hall–Kier alpha value is -1.37. The summed E-state index contributed by atoms with van der Waals surface area (Å²) in [6, 6.07) is 12.3. The van der Waals surface area contributed by atoms with Gasteiger partial charge in [-0.25, -0.2) is 0 Å². The second-order valence-electron chi connectivity index (χ2n) is 5.71. The third-order valence-corrected chi connectivity index (χ3v) is 3.67. The van der Waals surface area contributed by atoms with Crippen molar-refractivity contribution in [3.05, 3.63) is 35.9 Å². The smallest absolute Gasteiger partial charge is 0.155 e. The van der Waals surface area contributed by atoms with Crippen LogP contribution in [0, 0.1) is 11.3 Å². The van der Waals surface area contributed by atoms with Crippen molar-refractivity contribution in [3.63, 3.8) is 0 Å². The molecule has 1 atom stereocenters. The molecule has 0 bridgehead atoms. The number of hydrogen-bond donors (Lipinski definition) is 1. The maximum absolute atomic E-state index is 9.73. The van der Waals surface area contributed by atoms with Gasteiger partial charge in [0.2, 0.25) is 0 Å². The maximum atomic E-state index is 9.73. The van der Waals surface area contributed by atoms with Crippen molar-refractivity contribution in [2.24, 2.45) is 0 Å². The first-order valence-electron chi connectivity index (χ1n) is 7.35. The first-order chi connectivity index (χ1) is 9.49. The lowest BCUT2D eigenvalue weighted by molar-refractivity contribution is -0.0421. The van der Waals surface area contributed by atoms with Crippen LogP contribution < -0.4 is 5.32 Å². The number of nitrogens with one attached hydrogen (secondary N) is 1. The highest BCUT2D eigenvalue weighted by Gasteiger charge is 2.34. The monoisotopic (exact) mass is 274 g/mol. The molecule has 0 aliphatic rings. The van der Waals surface area contributed by atoms with Gasteiger partial charge in [0, 0.05) is 0 Å². The molecule has 3 heteroatoms. The molecule has 1 aromatic carbocycles. The van der Waals surface area contributed by atoms with E-state index in [1.165, 1.54) is 0 Å². The molecule has 0 fully saturated rings. The number of hydrogen-bond acceptors (Lipinski definition) is 3. The molecule has 1 aromatic rings. The van der Waals surface area contributed by atoms with Crippen LogP contribution in [0.1, 0.15) is 46.1 Å². The fourth-order valence-electron chi connectivity index (χ4n) is 1.84. The van der Waals surface area contributed by atoms with Crippen molar-refractivity contribution in [1.82, 2.24) is 5.32 Å². The van der Waals surface area contributed by atoms with Crippen LogP contribution in [0.15, 0.2) is 30.3 Å². The van der Waals surface area contributed by atoms with Crippen molar-refractivity contribution in [2.75, 3.05) is 13.2 Å². The van der Waals surface area contributed by atoms with E-state index in [0.29, 0.717) is 6.61 Å².